The average Bonchev–Trinajstić information content (AvgIpc) is 2.76. The van der Waals surface area contributed by atoms with E-state index in [9.17, 15) is 0 Å². The summed E-state index contributed by atoms with van der Waals surface area (Å²) in [6.07, 6.45) is 4.61. The lowest BCUT2D eigenvalue weighted by Gasteiger charge is -2.33. The van der Waals surface area contributed by atoms with Crippen LogP contribution in [0.15, 0.2) is 24.4 Å². The van der Waals surface area contributed by atoms with Gasteiger partial charge in [0.1, 0.15) is 0 Å². The molecule has 0 saturated carbocycles. The van der Waals surface area contributed by atoms with E-state index in [1.807, 2.05) is 6.20 Å². The Hall–Kier alpha value is -1.55. The molecular weight excluding hydrogens is 226 g/mol. The molecule has 1 aromatic carbocycles. The Balaban J connectivity index is 1.81. The van der Waals surface area contributed by atoms with Crippen molar-refractivity contribution in [1.82, 2.24) is 10.2 Å². The van der Waals surface area contributed by atoms with Crippen molar-refractivity contribution in [3.8, 4) is 0 Å². The highest BCUT2D eigenvalue weighted by Crippen LogP contribution is 2.26. The number of nitrogens with one attached hydrogen (secondary N) is 2. The van der Waals surface area contributed by atoms with Gasteiger partial charge in [0.25, 0.3) is 0 Å². The second-order valence-electron chi connectivity index (χ2n) is 5.21. The minimum absolute atomic E-state index is 0.326. The van der Waals surface area contributed by atoms with Crippen molar-refractivity contribution in [2.24, 2.45) is 0 Å². The number of hydrogen-bond acceptors (Lipinski definition) is 3. The molecule has 0 spiro atoms. The molecule has 3 rings (SSSR count). The number of para-hydroxylation sites is 1. The number of H-pyrrole nitrogens is 1. The zero-order valence-corrected chi connectivity index (χ0v) is 10.8. The number of ether oxygens (including phenoxy) is 1. The number of fused-ring (bicyclic) bond motifs is 1. The Bertz CT molecular complexity index is 527. The van der Waals surface area contributed by atoms with Crippen LogP contribution in [-0.4, -0.2) is 28.4 Å². The summed E-state index contributed by atoms with van der Waals surface area (Å²) in [6, 6.07) is 6.70. The number of anilines is 1. The molecule has 0 amide bonds. The van der Waals surface area contributed by atoms with E-state index >= 15 is 0 Å². The highest BCUT2D eigenvalue weighted by molar-refractivity contribution is 5.89. The average molecular weight is 245 g/mol. The van der Waals surface area contributed by atoms with Gasteiger partial charge in [0.05, 0.1) is 29.6 Å². The first-order chi connectivity index (χ1) is 8.72. The van der Waals surface area contributed by atoms with E-state index in [4.69, 9.17) is 4.74 Å². The topological polar surface area (TPSA) is 49.9 Å². The van der Waals surface area contributed by atoms with Crippen molar-refractivity contribution in [3.63, 3.8) is 0 Å². The van der Waals surface area contributed by atoms with Gasteiger partial charge in [-0.05, 0) is 32.8 Å². The summed E-state index contributed by atoms with van der Waals surface area (Å²) in [4.78, 5) is 0. The number of nitrogens with zero attached hydrogens (tertiary/aromatic N) is 1. The number of hydrogen-bond donors (Lipinski definition) is 2. The van der Waals surface area contributed by atoms with Crippen LogP contribution in [0.25, 0.3) is 10.9 Å². The van der Waals surface area contributed by atoms with Gasteiger partial charge in [-0.1, -0.05) is 12.1 Å². The Morgan fingerprint density at radius 2 is 2.06 bits per heavy atom. The third-order valence-corrected chi connectivity index (χ3v) is 3.53. The third-order valence-electron chi connectivity index (χ3n) is 3.53. The summed E-state index contributed by atoms with van der Waals surface area (Å²) in [5, 5.41) is 11.9. The zero-order valence-electron chi connectivity index (χ0n) is 10.8. The lowest BCUT2D eigenvalue weighted by Crippen LogP contribution is -2.36. The predicted molar refractivity (Wildman–Crippen MR) is 72.7 cm³/mol. The summed E-state index contributed by atoms with van der Waals surface area (Å²) in [6.45, 7) is 4.28. The van der Waals surface area contributed by atoms with Crippen LogP contribution in [0.2, 0.25) is 0 Å². The Kier molecular flexibility index (Phi) is 2.96. The van der Waals surface area contributed by atoms with Crippen molar-refractivity contribution < 1.29 is 4.74 Å². The summed E-state index contributed by atoms with van der Waals surface area (Å²) < 4.78 is 5.77. The van der Waals surface area contributed by atoms with Gasteiger partial charge in [-0.15, -0.1) is 0 Å². The summed E-state index contributed by atoms with van der Waals surface area (Å²) in [5.41, 5.74) is 2.22. The fourth-order valence-corrected chi connectivity index (χ4v) is 2.83. The SMILES string of the molecule is CC1CC(Nc2cccc3cn[nH]c23)CC(C)O1. The normalized spacial score (nSPS) is 28.4. The van der Waals surface area contributed by atoms with E-state index < -0.39 is 0 Å². The van der Waals surface area contributed by atoms with Gasteiger partial charge >= 0.3 is 0 Å². The lowest BCUT2D eigenvalue weighted by molar-refractivity contribution is -0.0337. The number of aromatic nitrogens is 2. The first kappa shape index (κ1) is 11.5. The van der Waals surface area contributed by atoms with Gasteiger partial charge in [0.2, 0.25) is 0 Å². The van der Waals surface area contributed by atoms with E-state index in [1.165, 1.54) is 0 Å². The third kappa shape index (κ3) is 2.20. The molecular formula is C14H19N3O. The first-order valence-electron chi connectivity index (χ1n) is 6.56. The fraction of sp³-hybridized carbons (Fsp3) is 0.500. The van der Waals surface area contributed by atoms with Crippen LogP contribution < -0.4 is 5.32 Å². The number of rotatable bonds is 2. The molecule has 2 unspecified atom stereocenters. The monoisotopic (exact) mass is 245 g/mol. The van der Waals surface area contributed by atoms with Crippen LogP contribution >= 0.6 is 0 Å². The number of aromatic amines is 1. The molecule has 0 aliphatic carbocycles. The van der Waals surface area contributed by atoms with Crippen LogP contribution in [0, 0.1) is 0 Å². The van der Waals surface area contributed by atoms with Crippen molar-refractivity contribution in [1.29, 1.82) is 0 Å². The lowest BCUT2D eigenvalue weighted by atomic mass is 9.99. The van der Waals surface area contributed by atoms with Gasteiger partial charge in [-0.25, -0.2) is 0 Å². The maximum absolute atomic E-state index is 5.77. The van der Waals surface area contributed by atoms with Gasteiger partial charge < -0.3 is 10.1 Å². The molecule has 2 N–H and O–H groups in total. The van der Waals surface area contributed by atoms with Gasteiger partial charge in [0.15, 0.2) is 0 Å². The molecule has 4 nitrogen and oxygen atoms in total. The maximum Gasteiger partial charge on any atom is 0.0881 e. The van der Waals surface area contributed by atoms with Crippen molar-refractivity contribution in [3.05, 3.63) is 24.4 Å². The molecule has 1 aromatic heterocycles. The minimum Gasteiger partial charge on any atom is -0.380 e. The van der Waals surface area contributed by atoms with E-state index in [0.717, 1.165) is 29.4 Å². The molecule has 2 heterocycles. The fourth-order valence-electron chi connectivity index (χ4n) is 2.83. The van der Waals surface area contributed by atoms with Crippen LogP contribution in [-0.2, 0) is 4.74 Å². The molecule has 0 bridgehead atoms. The largest absolute Gasteiger partial charge is 0.380 e. The molecule has 2 aromatic rings. The summed E-state index contributed by atoms with van der Waals surface area (Å²) >= 11 is 0. The molecule has 1 aliphatic rings. The quantitative estimate of drug-likeness (QED) is 0.855. The van der Waals surface area contributed by atoms with Crippen molar-refractivity contribution >= 4 is 16.6 Å². The maximum atomic E-state index is 5.77. The van der Waals surface area contributed by atoms with Crippen LogP contribution in [0.1, 0.15) is 26.7 Å². The summed E-state index contributed by atoms with van der Waals surface area (Å²) in [5.74, 6) is 0. The van der Waals surface area contributed by atoms with Gasteiger partial charge in [0, 0.05) is 11.4 Å². The van der Waals surface area contributed by atoms with Crippen LogP contribution in [0.3, 0.4) is 0 Å². The van der Waals surface area contributed by atoms with E-state index in [1.54, 1.807) is 0 Å². The second kappa shape index (κ2) is 4.61. The molecule has 1 fully saturated rings. The highest BCUT2D eigenvalue weighted by atomic mass is 16.5. The molecule has 18 heavy (non-hydrogen) atoms. The van der Waals surface area contributed by atoms with Crippen LogP contribution in [0.4, 0.5) is 5.69 Å². The van der Waals surface area contributed by atoms with Gasteiger partial charge in [-0.2, -0.15) is 5.10 Å². The minimum atomic E-state index is 0.326. The molecule has 4 heteroatoms. The van der Waals surface area contributed by atoms with E-state index in [-0.39, 0.29) is 0 Å². The molecule has 1 saturated heterocycles. The molecule has 0 radical (unpaired) electrons. The van der Waals surface area contributed by atoms with Crippen molar-refractivity contribution in [2.45, 2.75) is 44.9 Å². The summed E-state index contributed by atoms with van der Waals surface area (Å²) in [7, 11) is 0. The second-order valence-corrected chi connectivity index (χ2v) is 5.21. The van der Waals surface area contributed by atoms with E-state index in [2.05, 4.69) is 47.6 Å². The highest BCUT2D eigenvalue weighted by Gasteiger charge is 2.24. The number of benzene rings is 1. The van der Waals surface area contributed by atoms with Gasteiger partial charge in [-0.3, -0.25) is 5.10 Å². The Labute approximate surface area is 107 Å². The standard InChI is InChI=1S/C14H19N3O/c1-9-6-12(7-10(2)18-9)16-13-5-3-4-11-8-15-17-14(11)13/h3-5,8-10,12,16H,6-7H2,1-2H3,(H,15,17). The molecule has 2 atom stereocenters. The smallest absolute Gasteiger partial charge is 0.0881 e. The zero-order chi connectivity index (χ0) is 12.5. The first-order valence-corrected chi connectivity index (χ1v) is 6.56. The predicted octanol–water partition coefficient (Wildman–Crippen LogP) is 2.93. The molecule has 96 valence electrons. The Morgan fingerprint density at radius 1 is 1.28 bits per heavy atom. The Morgan fingerprint density at radius 3 is 2.83 bits per heavy atom. The molecule has 1 aliphatic heterocycles. The van der Waals surface area contributed by atoms with E-state index in [0.29, 0.717) is 18.2 Å². The van der Waals surface area contributed by atoms with Crippen molar-refractivity contribution in [2.75, 3.05) is 5.32 Å². The van der Waals surface area contributed by atoms with Crippen LogP contribution in [0.5, 0.6) is 0 Å².